The summed E-state index contributed by atoms with van der Waals surface area (Å²) in [4.78, 5) is 4.09. The Balaban J connectivity index is 2.55. The Morgan fingerprint density at radius 2 is 2.21 bits per heavy atom. The average Bonchev–Trinajstić information content (AvgIpc) is 2.56. The fraction of sp³-hybridized carbons (Fsp3) is 0.111. The molecule has 0 fully saturated rings. The Labute approximate surface area is 95.1 Å². The van der Waals surface area contributed by atoms with Crippen molar-refractivity contribution < 1.29 is 0 Å². The van der Waals surface area contributed by atoms with Crippen LogP contribution in [0.4, 0.5) is 5.95 Å². The van der Waals surface area contributed by atoms with Crippen LogP contribution in [0, 0.1) is 10.5 Å². The summed E-state index contributed by atoms with van der Waals surface area (Å²) in [5.41, 5.74) is 7.65. The molecule has 4 nitrogen and oxygen atoms in total. The van der Waals surface area contributed by atoms with Gasteiger partial charge in [0.15, 0.2) is 5.82 Å². The van der Waals surface area contributed by atoms with Gasteiger partial charge in [-0.05, 0) is 47.2 Å². The van der Waals surface area contributed by atoms with E-state index in [9.17, 15) is 0 Å². The number of nitrogens with one attached hydrogen (secondary N) is 1. The zero-order valence-electron chi connectivity index (χ0n) is 7.58. The molecule has 0 spiro atoms. The number of hydrogen-bond donors (Lipinski definition) is 2. The Morgan fingerprint density at radius 3 is 2.86 bits per heavy atom. The number of aromatic nitrogens is 3. The van der Waals surface area contributed by atoms with Gasteiger partial charge < -0.3 is 5.73 Å². The van der Waals surface area contributed by atoms with Crippen LogP contribution in [0.2, 0.25) is 0 Å². The SMILES string of the molecule is Cc1ccc(I)cc1-c1nc(N)n[nH]1. The van der Waals surface area contributed by atoms with Crippen molar-refractivity contribution in [3.05, 3.63) is 27.3 Å². The third-order valence-corrected chi connectivity index (χ3v) is 2.63. The van der Waals surface area contributed by atoms with Crippen LogP contribution >= 0.6 is 22.6 Å². The molecule has 72 valence electrons. The topological polar surface area (TPSA) is 67.6 Å². The van der Waals surface area contributed by atoms with Crippen molar-refractivity contribution in [1.82, 2.24) is 15.2 Å². The van der Waals surface area contributed by atoms with Gasteiger partial charge >= 0.3 is 0 Å². The van der Waals surface area contributed by atoms with E-state index in [0.717, 1.165) is 20.5 Å². The van der Waals surface area contributed by atoms with Gasteiger partial charge in [-0.3, -0.25) is 5.10 Å². The van der Waals surface area contributed by atoms with Crippen LogP contribution < -0.4 is 5.73 Å². The monoisotopic (exact) mass is 300 g/mol. The van der Waals surface area contributed by atoms with E-state index in [-0.39, 0.29) is 5.95 Å². The highest BCUT2D eigenvalue weighted by atomic mass is 127. The first-order valence-electron chi connectivity index (χ1n) is 4.11. The lowest BCUT2D eigenvalue weighted by Crippen LogP contribution is -1.88. The number of nitrogen functional groups attached to an aromatic ring is 1. The van der Waals surface area contributed by atoms with E-state index in [1.54, 1.807) is 0 Å². The molecule has 2 rings (SSSR count). The molecule has 1 heterocycles. The maximum absolute atomic E-state index is 5.45. The van der Waals surface area contributed by atoms with Crippen molar-refractivity contribution in [2.24, 2.45) is 0 Å². The number of halogens is 1. The molecule has 0 aliphatic heterocycles. The van der Waals surface area contributed by atoms with Gasteiger partial charge in [-0.15, -0.1) is 5.10 Å². The molecule has 0 atom stereocenters. The smallest absolute Gasteiger partial charge is 0.239 e. The van der Waals surface area contributed by atoms with E-state index < -0.39 is 0 Å². The predicted octanol–water partition coefficient (Wildman–Crippen LogP) is 1.97. The largest absolute Gasteiger partial charge is 0.366 e. The summed E-state index contributed by atoms with van der Waals surface area (Å²) in [5, 5.41) is 6.60. The van der Waals surface area contributed by atoms with E-state index in [2.05, 4.69) is 56.0 Å². The molecule has 0 unspecified atom stereocenters. The van der Waals surface area contributed by atoms with E-state index in [4.69, 9.17) is 5.73 Å². The summed E-state index contributed by atoms with van der Waals surface area (Å²) in [6, 6.07) is 6.16. The number of nitrogens with zero attached hydrogens (tertiary/aromatic N) is 2. The van der Waals surface area contributed by atoms with Gasteiger partial charge in [-0.2, -0.15) is 4.98 Å². The first-order valence-corrected chi connectivity index (χ1v) is 5.19. The molecule has 3 N–H and O–H groups in total. The minimum atomic E-state index is 0.276. The van der Waals surface area contributed by atoms with Gasteiger partial charge in [0.25, 0.3) is 0 Å². The molecule has 0 saturated carbocycles. The number of rotatable bonds is 1. The van der Waals surface area contributed by atoms with Crippen molar-refractivity contribution in [3.63, 3.8) is 0 Å². The van der Waals surface area contributed by atoms with Crippen molar-refractivity contribution >= 4 is 28.5 Å². The fourth-order valence-corrected chi connectivity index (χ4v) is 1.74. The fourth-order valence-electron chi connectivity index (χ4n) is 1.24. The Kier molecular flexibility index (Phi) is 2.40. The van der Waals surface area contributed by atoms with E-state index >= 15 is 0 Å². The van der Waals surface area contributed by atoms with Gasteiger partial charge in [0.1, 0.15) is 0 Å². The van der Waals surface area contributed by atoms with E-state index in [1.165, 1.54) is 0 Å². The zero-order valence-corrected chi connectivity index (χ0v) is 9.74. The lowest BCUT2D eigenvalue weighted by atomic mass is 10.1. The van der Waals surface area contributed by atoms with Crippen LogP contribution in [0.15, 0.2) is 18.2 Å². The highest BCUT2D eigenvalue weighted by Crippen LogP contribution is 2.22. The van der Waals surface area contributed by atoms with Crippen molar-refractivity contribution in [2.45, 2.75) is 6.92 Å². The summed E-state index contributed by atoms with van der Waals surface area (Å²) in [6.45, 7) is 2.03. The lowest BCUT2D eigenvalue weighted by Gasteiger charge is -2.01. The van der Waals surface area contributed by atoms with E-state index in [1.807, 2.05) is 6.92 Å². The number of hydrogen-bond acceptors (Lipinski definition) is 3. The molecular weight excluding hydrogens is 291 g/mol. The second-order valence-corrected chi connectivity index (χ2v) is 4.25. The highest BCUT2D eigenvalue weighted by molar-refractivity contribution is 14.1. The molecule has 5 heteroatoms. The summed E-state index contributed by atoms with van der Waals surface area (Å²) in [5.74, 6) is 0.997. The van der Waals surface area contributed by atoms with Gasteiger partial charge in [0.05, 0.1) is 0 Å². The normalized spacial score (nSPS) is 10.4. The molecule has 14 heavy (non-hydrogen) atoms. The minimum Gasteiger partial charge on any atom is -0.366 e. The highest BCUT2D eigenvalue weighted by Gasteiger charge is 2.06. The predicted molar refractivity (Wildman–Crippen MR) is 63.7 cm³/mol. The van der Waals surface area contributed by atoms with Crippen molar-refractivity contribution in [3.8, 4) is 11.4 Å². The van der Waals surface area contributed by atoms with Crippen molar-refractivity contribution in [1.29, 1.82) is 0 Å². The molecule has 1 aromatic carbocycles. The molecule has 0 radical (unpaired) electrons. The summed E-state index contributed by atoms with van der Waals surface area (Å²) >= 11 is 2.26. The third-order valence-electron chi connectivity index (χ3n) is 1.96. The zero-order chi connectivity index (χ0) is 10.1. The Bertz CT molecular complexity index is 464. The standard InChI is InChI=1S/C9H9IN4/c1-5-2-3-6(10)4-7(5)8-12-9(11)14-13-8/h2-4H,1H3,(H3,11,12,13,14). The van der Waals surface area contributed by atoms with Crippen LogP contribution in [0.3, 0.4) is 0 Å². The molecule has 0 aliphatic carbocycles. The summed E-state index contributed by atoms with van der Waals surface area (Å²) in [7, 11) is 0. The first-order chi connectivity index (χ1) is 6.66. The van der Waals surface area contributed by atoms with Crippen LogP contribution in [-0.4, -0.2) is 15.2 Å². The quantitative estimate of drug-likeness (QED) is 0.791. The number of benzene rings is 1. The number of anilines is 1. The molecule has 0 amide bonds. The van der Waals surface area contributed by atoms with Crippen LogP contribution in [0.1, 0.15) is 5.56 Å². The summed E-state index contributed by atoms with van der Waals surface area (Å²) in [6.07, 6.45) is 0. The molecule has 0 bridgehead atoms. The maximum Gasteiger partial charge on any atom is 0.239 e. The summed E-state index contributed by atoms with van der Waals surface area (Å²) < 4.78 is 1.16. The molecular formula is C9H9IN4. The molecule has 2 aromatic rings. The van der Waals surface area contributed by atoms with Gasteiger partial charge in [-0.1, -0.05) is 6.07 Å². The first kappa shape index (κ1) is 9.45. The second-order valence-electron chi connectivity index (χ2n) is 3.00. The lowest BCUT2D eigenvalue weighted by molar-refractivity contribution is 1.10. The van der Waals surface area contributed by atoms with Gasteiger partial charge in [0, 0.05) is 9.13 Å². The van der Waals surface area contributed by atoms with Crippen LogP contribution in [0.5, 0.6) is 0 Å². The van der Waals surface area contributed by atoms with E-state index in [0.29, 0.717) is 0 Å². The van der Waals surface area contributed by atoms with Gasteiger partial charge in [0.2, 0.25) is 5.95 Å². The molecule has 0 aliphatic rings. The molecule has 0 saturated heterocycles. The average molecular weight is 300 g/mol. The second kappa shape index (κ2) is 3.56. The number of aryl methyl sites for hydroxylation is 1. The van der Waals surface area contributed by atoms with Crippen molar-refractivity contribution in [2.75, 3.05) is 5.73 Å². The number of H-pyrrole nitrogens is 1. The number of aromatic amines is 1. The van der Waals surface area contributed by atoms with Crippen LogP contribution in [0.25, 0.3) is 11.4 Å². The van der Waals surface area contributed by atoms with Crippen LogP contribution in [-0.2, 0) is 0 Å². The Hall–Kier alpha value is -1.11. The van der Waals surface area contributed by atoms with Gasteiger partial charge in [-0.25, -0.2) is 0 Å². The third kappa shape index (κ3) is 1.72. The maximum atomic E-state index is 5.45. The minimum absolute atomic E-state index is 0.276. The number of nitrogens with two attached hydrogens (primary N) is 1. The Morgan fingerprint density at radius 1 is 1.43 bits per heavy atom. The molecule has 1 aromatic heterocycles.